The molecule has 11 heavy (non-hydrogen) atoms. The minimum atomic E-state index is -1.14. The van der Waals surface area contributed by atoms with Crippen LogP contribution in [0.25, 0.3) is 0 Å². The van der Waals surface area contributed by atoms with Gasteiger partial charge < -0.3 is 10.2 Å². The van der Waals surface area contributed by atoms with Crippen LogP contribution in [0.15, 0.2) is 4.99 Å². The monoisotopic (exact) mass is 159 g/mol. The van der Waals surface area contributed by atoms with Crippen LogP contribution in [0.1, 0.15) is 12.8 Å². The van der Waals surface area contributed by atoms with Crippen molar-refractivity contribution in [2.24, 2.45) is 4.99 Å². The molecule has 62 valence electrons. The van der Waals surface area contributed by atoms with Gasteiger partial charge in [0.2, 0.25) is 0 Å². The van der Waals surface area contributed by atoms with E-state index in [1.54, 1.807) is 0 Å². The van der Waals surface area contributed by atoms with Crippen molar-refractivity contribution >= 4 is 18.7 Å². The van der Waals surface area contributed by atoms with E-state index in [-0.39, 0.29) is 12.8 Å². The molecular formula is C6H9NO4. The van der Waals surface area contributed by atoms with E-state index in [9.17, 15) is 9.59 Å². The number of carboxylic acid groups (broad SMARTS) is 2. The Morgan fingerprint density at radius 3 is 2.27 bits per heavy atom. The molecule has 0 bridgehead atoms. The lowest BCUT2D eigenvalue weighted by Gasteiger charge is -2.02. The molecule has 5 nitrogen and oxygen atoms in total. The zero-order valence-corrected chi connectivity index (χ0v) is 5.86. The average molecular weight is 159 g/mol. The third-order valence-corrected chi connectivity index (χ3v) is 1.14. The Labute approximate surface area is 63.4 Å². The number of hydrogen-bond acceptors (Lipinski definition) is 3. The minimum Gasteiger partial charge on any atom is -0.481 e. The highest BCUT2D eigenvalue weighted by Crippen LogP contribution is 2.00. The summed E-state index contributed by atoms with van der Waals surface area (Å²) in [5.74, 6) is -2.17. The van der Waals surface area contributed by atoms with E-state index in [0.717, 1.165) is 0 Å². The van der Waals surface area contributed by atoms with E-state index in [2.05, 4.69) is 11.7 Å². The largest absolute Gasteiger partial charge is 0.481 e. The van der Waals surface area contributed by atoms with Crippen molar-refractivity contribution in [2.75, 3.05) is 0 Å². The molecule has 0 amide bonds. The van der Waals surface area contributed by atoms with Crippen LogP contribution in [0.5, 0.6) is 0 Å². The number of carbonyl (C=O) groups is 2. The Balaban J connectivity index is 3.79. The third-order valence-electron chi connectivity index (χ3n) is 1.14. The normalized spacial score (nSPS) is 12.0. The first-order chi connectivity index (χ1) is 5.07. The van der Waals surface area contributed by atoms with Crippen LogP contribution in [0.4, 0.5) is 0 Å². The van der Waals surface area contributed by atoms with Crippen LogP contribution in [0, 0.1) is 0 Å². The Kier molecular flexibility index (Phi) is 3.87. The second-order valence-corrected chi connectivity index (χ2v) is 1.97. The quantitative estimate of drug-likeness (QED) is 0.553. The van der Waals surface area contributed by atoms with E-state index < -0.39 is 18.0 Å². The zero-order valence-electron chi connectivity index (χ0n) is 5.86. The summed E-state index contributed by atoms with van der Waals surface area (Å²) in [6.45, 7) is 3.04. The van der Waals surface area contributed by atoms with Gasteiger partial charge >= 0.3 is 11.9 Å². The SMILES string of the molecule is C=N[C@@H](CCC(=O)O)C(=O)O. The van der Waals surface area contributed by atoms with E-state index in [0.29, 0.717) is 0 Å². The Hall–Kier alpha value is -1.39. The molecule has 0 aliphatic heterocycles. The molecule has 0 radical (unpaired) electrons. The van der Waals surface area contributed by atoms with E-state index in [1.807, 2.05) is 0 Å². The highest BCUT2D eigenvalue weighted by molar-refractivity contribution is 5.75. The number of nitrogens with zero attached hydrogens (tertiary/aromatic N) is 1. The first-order valence-corrected chi connectivity index (χ1v) is 2.98. The Bertz CT molecular complexity index is 177. The molecule has 0 aromatic rings. The summed E-state index contributed by atoms with van der Waals surface area (Å²) in [5, 5.41) is 16.5. The summed E-state index contributed by atoms with van der Waals surface area (Å²) >= 11 is 0. The lowest BCUT2D eigenvalue weighted by atomic mass is 10.2. The van der Waals surface area contributed by atoms with Gasteiger partial charge in [0.05, 0.1) is 0 Å². The molecule has 0 saturated carbocycles. The van der Waals surface area contributed by atoms with Crippen LogP contribution in [-0.2, 0) is 9.59 Å². The molecule has 2 N–H and O–H groups in total. The van der Waals surface area contributed by atoms with E-state index >= 15 is 0 Å². The molecule has 1 atom stereocenters. The number of aliphatic imine (C=N–C) groups is 1. The highest BCUT2D eigenvalue weighted by atomic mass is 16.4. The van der Waals surface area contributed by atoms with Crippen molar-refractivity contribution in [2.45, 2.75) is 18.9 Å². The third kappa shape index (κ3) is 4.07. The molecule has 0 aromatic heterocycles. The first kappa shape index (κ1) is 9.61. The fraction of sp³-hybridized carbons (Fsp3) is 0.500. The van der Waals surface area contributed by atoms with Crippen molar-refractivity contribution in [1.29, 1.82) is 0 Å². The highest BCUT2D eigenvalue weighted by Gasteiger charge is 2.15. The molecule has 0 fully saturated rings. The minimum absolute atomic E-state index is 0.00579. The molecule has 0 aliphatic rings. The van der Waals surface area contributed by atoms with Gasteiger partial charge in [0, 0.05) is 6.42 Å². The van der Waals surface area contributed by atoms with Crippen LogP contribution >= 0.6 is 0 Å². The smallest absolute Gasteiger partial charge is 0.328 e. The van der Waals surface area contributed by atoms with Crippen molar-refractivity contribution in [1.82, 2.24) is 0 Å². The molecule has 0 heterocycles. The van der Waals surface area contributed by atoms with Gasteiger partial charge in [0.15, 0.2) is 0 Å². The predicted octanol–water partition coefficient (Wildman–Crippen LogP) is 0.00500. The molecule has 0 saturated heterocycles. The first-order valence-electron chi connectivity index (χ1n) is 2.98. The maximum atomic E-state index is 10.2. The van der Waals surface area contributed by atoms with Gasteiger partial charge in [-0.25, -0.2) is 4.79 Å². The standard InChI is InChI=1S/C6H9NO4/c1-7-4(6(10)11)2-3-5(8)9/h4H,1-3H2,(H,8,9)(H,10,11)/t4-/m0/s1. The maximum absolute atomic E-state index is 10.2. The number of carboxylic acids is 2. The number of hydrogen-bond donors (Lipinski definition) is 2. The zero-order chi connectivity index (χ0) is 8.85. The van der Waals surface area contributed by atoms with Crippen molar-refractivity contribution in [3.05, 3.63) is 0 Å². The van der Waals surface area contributed by atoms with Crippen LogP contribution in [0.2, 0.25) is 0 Å². The van der Waals surface area contributed by atoms with Gasteiger partial charge in [-0.2, -0.15) is 0 Å². The summed E-state index contributed by atoms with van der Waals surface area (Å²) in [6.07, 6.45) is -0.204. The topological polar surface area (TPSA) is 87.0 Å². The summed E-state index contributed by atoms with van der Waals surface area (Å²) in [5.41, 5.74) is 0. The van der Waals surface area contributed by atoms with Gasteiger partial charge in [-0.1, -0.05) is 0 Å². The van der Waals surface area contributed by atoms with Gasteiger partial charge in [0.1, 0.15) is 6.04 Å². The lowest BCUT2D eigenvalue weighted by molar-refractivity contribution is -0.139. The molecule has 0 spiro atoms. The predicted molar refractivity (Wildman–Crippen MR) is 37.8 cm³/mol. The second kappa shape index (κ2) is 4.43. The fourth-order valence-electron chi connectivity index (χ4n) is 0.553. The van der Waals surface area contributed by atoms with Gasteiger partial charge in [-0.05, 0) is 13.1 Å². The Morgan fingerprint density at radius 2 is 2.00 bits per heavy atom. The van der Waals surface area contributed by atoms with Crippen molar-refractivity contribution < 1.29 is 19.8 Å². The van der Waals surface area contributed by atoms with E-state index in [4.69, 9.17) is 10.2 Å². The second-order valence-electron chi connectivity index (χ2n) is 1.97. The molecule has 0 unspecified atom stereocenters. The molecule has 0 aromatic carbocycles. The molecule has 0 rings (SSSR count). The van der Waals surface area contributed by atoms with E-state index in [1.165, 1.54) is 0 Å². The summed E-state index contributed by atoms with van der Waals surface area (Å²) in [6, 6.07) is -0.994. The van der Waals surface area contributed by atoms with Crippen molar-refractivity contribution in [3.63, 3.8) is 0 Å². The maximum Gasteiger partial charge on any atom is 0.328 e. The lowest BCUT2D eigenvalue weighted by Crippen LogP contribution is -2.18. The molecular weight excluding hydrogens is 150 g/mol. The summed E-state index contributed by atoms with van der Waals surface area (Å²) in [4.78, 5) is 23.5. The van der Waals surface area contributed by atoms with Gasteiger partial charge in [-0.15, -0.1) is 0 Å². The number of aliphatic carboxylic acids is 2. The Morgan fingerprint density at radius 1 is 1.45 bits per heavy atom. The summed E-state index contributed by atoms with van der Waals surface area (Å²) in [7, 11) is 0. The van der Waals surface area contributed by atoms with Crippen molar-refractivity contribution in [3.8, 4) is 0 Å². The van der Waals surface area contributed by atoms with Crippen LogP contribution in [-0.4, -0.2) is 34.9 Å². The summed E-state index contributed by atoms with van der Waals surface area (Å²) < 4.78 is 0. The van der Waals surface area contributed by atoms with Gasteiger partial charge in [0.25, 0.3) is 0 Å². The molecule has 0 aliphatic carbocycles. The van der Waals surface area contributed by atoms with Crippen LogP contribution in [0.3, 0.4) is 0 Å². The van der Waals surface area contributed by atoms with Crippen LogP contribution < -0.4 is 0 Å². The molecule has 5 heteroatoms. The average Bonchev–Trinajstić information content (AvgIpc) is 1.87. The fourth-order valence-corrected chi connectivity index (χ4v) is 0.553. The van der Waals surface area contributed by atoms with Gasteiger partial charge in [-0.3, -0.25) is 9.79 Å². The number of rotatable bonds is 5.